The predicted octanol–water partition coefficient (Wildman–Crippen LogP) is 1.89. The maximum atomic E-state index is 5.51. The molecule has 0 aromatic carbocycles. The van der Waals surface area contributed by atoms with Crippen molar-refractivity contribution in [2.75, 3.05) is 26.9 Å². The van der Waals surface area contributed by atoms with Gasteiger partial charge in [-0.05, 0) is 12.8 Å². The standard InChI is InChI=1S/C12H22N2O2/c1-3-5-12-13-6-7-14(12)8-11-16-10-4-9-15-2/h6-7H,3-5,8-11H2,1-2H3. The fraction of sp³-hybridized carbons (Fsp3) is 0.750. The van der Waals surface area contributed by atoms with E-state index in [0.717, 1.165) is 51.5 Å². The van der Waals surface area contributed by atoms with Gasteiger partial charge in [0, 0.05) is 45.7 Å². The van der Waals surface area contributed by atoms with E-state index < -0.39 is 0 Å². The Balaban J connectivity index is 2.13. The summed E-state index contributed by atoms with van der Waals surface area (Å²) in [7, 11) is 1.71. The van der Waals surface area contributed by atoms with Crippen molar-refractivity contribution in [1.29, 1.82) is 0 Å². The van der Waals surface area contributed by atoms with Crippen molar-refractivity contribution in [2.45, 2.75) is 32.7 Å². The Labute approximate surface area is 97.6 Å². The molecule has 1 rings (SSSR count). The molecule has 4 nitrogen and oxygen atoms in total. The lowest BCUT2D eigenvalue weighted by Gasteiger charge is -2.07. The van der Waals surface area contributed by atoms with Crippen LogP contribution in [0, 0.1) is 0 Å². The van der Waals surface area contributed by atoms with Crippen LogP contribution < -0.4 is 0 Å². The zero-order valence-corrected chi connectivity index (χ0v) is 10.3. The summed E-state index contributed by atoms with van der Waals surface area (Å²) in [5.74, 6) is 1.16. The van der Waals surface area contributed by atoms with Crippen molar-refractivity contribution < 1.29 is 9.47 Å². The number of hydrogen-bond donors (Lipinski definition) is 0. The van der Waals surface area contributed by atoms with Gasteiger partial charge in [0.2, 0.25) is 0 Å². The molecule has 0 atom stereocenters. The van der Waals surface area contributed by atoms with Crippen LogP contribution in [0.25, 0.3) is 0 Å². The quantitative estimate of drug-likeness (QED) is 0.603. The molecule has 0 bridgehead atoms. The van der Waals surface area contributed by atoms with Crippen LogP contribution in [0.1, 0.15) is 25.6 Å². The molecule has 0 aliphatic carbocycles. The molecule has 0 N–H and O–H groups in total. The summed E-state index contributed by atoms with van der Waals surface area (Å²) in [5, 5.41) is 0. The van der Waals surface area contributed by atoms with E-state index >= 15 is 0 Å². The molecule has 1 aromatic rings. The van der Waals surface area contributed by atoms with Gasteiger partial charge in [0.15, 0.2) is 0 Å². The van der Waals surface area contributed by atoms with Crippen molar-refractivity contribution in [1.82, 2.24) is 9.55 Å². The number of aromatic nitrogens is 2. The summed E-state index contributed by atoms with van der Waals surface area (Å²) >= 11 is 0. The summed E-state index contributed by atoms with van der Waals surface area (Å²) in [6.45, 7) is 5.34. The van der Waals surface area contributed by atoms with E-state index in [-0.39, 0.29) is 0 Å². The monoisotopic (exact) mass is 226 g/mol. The molecule has 0 aliphatic rings. The van der Waals surface area contributed by atoms with E-state index in [1.165, 1.54) is 0 Å². The van der Waals surface area contributed by atoms with E-state index in [9.17, 15) is 0 Å². The van der Waals surface area contributed by atoms with Crippen LogP contribution in [0.5, 0.6) is 0 Å². The van der Waals surface area contributed by atoms with Gasteiger partial charge in [-0.2, -0.15) is 0 Å². The number of ether oxygens (including phenoxy) is 2. The van der Waals surface area contributed by atoms with Crippen molar-refractivity contribution in [3.05, 3.63) is 18.2 Å². The third kappa shape index (κ3) is 4.77. The molecule has 0 unspecified atom stereocenters. The number of nitrogens with zero attached hydrogens (tertiary/aromatic N) is 2. The summed E-state index contributed by atoms with van der Waals surface area (Å²) in [6, 6.07) is 0. The smallest absolute Gasteiger partial charge is 0.108 e. The third-order valence-corrected chi connectivity index (χ3v) is 2.39. The fourth-order valence-electron chi connectivity index (χ4n) is 1.57. The molecular weight excluding hydrogens is 204 g/mol. The highest BCUT2D eigenvalue weighted by atomic mass is 16.5. The maximum absolute atomic E-state index is 5.51. The van der Waals surface area contributed by atoms with Crippen molar-refractivity contribution in [3.63, 3.8) is 0 Å². The van der Waals surface area contributed by atoms with Gasteiger partial charge in [0.25, 0.3) is 0 Å². The Morgan fingerprint density at radius 1 is 1.31 bits per heavy atom. The average molecular weight is 226 g/mol. The summed E-state index contributed by atoms with van der Waals surface area (Å²) in [4.78, 5) is 4.32. The summed E-state index contributed by atoms with van der Waals surface area (Å²) in [6.07, 6.45) is 7.00. The highest BCUT2D eigenvalue weighted by molar-refractivity contribution is 4.92. The Hall–Kier alpha value is -0.870. The molecule has 92 valence electrons. The molecule has 1 aromatic heterocycles. The van der Waals surface area contributed by atoms with Crippen LogP contribution in [-0.4, -0.2) is 36.5 Å². The molecule has 0 aliphatic heterocycles. The summed E-state index contributed by atoms with van der Waals surface area (Å²) < 4.78 is 12.6. The minimum atomic E-state index is 0.747. The molecule has 0 radical (unpaired) electrons. The molecule has 4 heteroatoms. The van der Waals surface area contributed by atoms with Gasteiger partial charge >= 0.3 is 0 Å². The molecule has 16 heavy (non-hydrogen) atoms. The van der Waals surface area contributed by atoms with Crippen molar-refractivity contribution >= 4 is 0 Å². The van der Waals surface area contributed by atoms with Crippen LogP contribution in [0.4, 0.5) is 0 Å². The molecule has 0 spiro atoms. The van der Waals surface area contributed by atoms with Crippen molar-refractivity contribution in [3.8, 4) is 0 Å². The van der Waals surface area contributed by atoms with Gasteiger partial charge in [-0.1, -0.05) is 6.92 Å². The van der Waals surface area contributed by atoms with Crippen LogP contribution in [-0.2, 0) is 22.4 Å². The molecule has 1 heterocycles. The second-order valence-corrected chi connectivity index (χ2v) is 3.75. The second-order valence-electron chi connectivity index (χ2n) is 3.75. The molecule has 0 fully saturated rings. The number of imidazole rings is 1. The normalized spacial score (nSPS) is 10.9. The lowest BCUT2D eigenvalue weighted by atomic mass is 10.3. The minimum Gasteiger partial charge on any atom is -0.385 e. The molecule has 0 saturated carbocycles. The zero-order chi connectivity index (χ0) is 11.6. The SMILES string of the molecule is CCCc1nccn1CCOCCCOC. The minimum absolute atomic E-state index is 0.747. The van der Waals surface area contributed by atoms with Gasteiger partial charge in [-0.3, -0.25) is 0 Å². The van der Waals surface area contributed by atoms with E-state index in [4.69, 9.17) is 9.47 Å². The van der Waals surface area contributed by atoms with Gasteiger partial charge in [0.1, 0.15) is 5.82 Å². The average Bonchev–Trinajstić information content (AvgIpc) is 2.72. The fourth-order valence-corrected chi connectivity index (χ4v) is 1.57. The zero-order valence-electron chi connectivity index (χ0n) is 10.3. The first-order valence-corrected chi connectivity index (χ1v) is 5.95. The van der Waals surface area contributed by atoms with Crippen molar-refractivity contribution in [2.24, 2.45) is 0 Å². The first kappa shape index (κ1) is 13.2. The molecule has 0 amide bonds. The highest BCUT2D eigenvalue weighted by Crippen LogP contribution is 2.01. The number of methoxy groups -OCH3 is 1. The number of rotatable bonds is 9. The van der Waals surface area contributed by atoms with Crippen LogP contribution in [0.2, 0.25) is 0 Å². The largest absolute Gasteiger partial charge is 0.385 e. The third-order valence-electron chi connectivity index (χ3n) is 2.39. The van der Waals surface area contributed by atoms with E-state index in [1.54, 1.807) is 7.11 Å². The Morgan fingerprint density at radius 3 is 2.94 bits per heavy atom. The van der Waals surface area contributed by atoms with Gasteiger partial charge in [-0.15, -0.1) is 0 Å². The van der Waals surface area contributed by atoms with E-state index in [0.29, 0.717) is 0 Å². The summed E-state index contributed by atoms with van der Waals surface area (Å²) in [5.41, 5.74) is 0. The van der Waals surface area contributed by atoms with E-state index in [1.807, 2.05) is 12.4 Å². The predicted molar refractivity (Wildman–Crippen MR) is 63.5 cm³/mol. The van der Waals surface area contributed by atoms with Gasteiger partial charge < -0.3 is 14.0 Å². The number of hydrogen-bond acceptors (Lipinski definition) is 3. The maximum Gasteiger partial charge on any atom is 0.108 e. The lowest BCUT2D eigenvalue weighted by molar-refractivity contribution is 0.0973. The van der Waals surface area contributed by atoms with Gasteiger partial charge in [-0.25, -0.2) is 4.98 Å². The first-order chi connectivity index (χ1) is 7.88. The van der Waals surface area contributed by atoms with Crippen LogP contribution in [0.3, 0.4) is 0 Å². The number of aryl methyl sites for hydroxylation is 1. The van der Waals surface area contributed by atoms with E-state index in [2.05, 4.69) is 16.5 Å². The molecular formula is C12H22N2O2. The van der Waals surface area contributed by atoms with Gasteiger partial charge in [0.05, 0.1) is 6.61 Å². The van der Waals surface area contributed by atoms with Crippen LogP contribution >= 0.6 is 0 Å². The Kier molecular flexibility index (Phi) is 6.85. The second kappa shape index (κ2) is 8.30. The Morgan fingerprint density at radius 2 is 2.19 bits per heavy atom. The highest BCUT2D eigenvalue weighted by Gasteiger charge is 2.00. The molecule has 0 saturated heterocycles. The Bertz CT molecular complexity index is 274. The topological polar surface area (TPSA) is 36.3 Å². The lowest BCUT2D eigenvalue weighted by Crippen LogP contribution is -2.10. The van der Waals surface area contributed by atoms with Crippen LogP contribution in [0.15, 0.2) is 12.4 Å². The first-order valence-electron chi connectivity index (χ1n) is 5.95.